The standard InChI is InChI=1S/C17H19N3O/c1-21-12-16-19-17-14(18)8-5-9-15(17)20(16)11-10-13-6-3-2-4-7-13/h2-9H,10-12,18H2,1H3. The molecule has 0 unspecified atom stereocenters. The molecule has 0 spiro atoms. The minimum Gasteiger partial charge on any atom is -0.397 e. The van der Waals surface area contributed by atoms with Crippen LogP contribution in [-0.4, -0.2) is 16.7 Å². The summed E-state index contributed by atoms with van der Waals surface area (Å²) in [6.45, 7) is 1.35. The van der Waals surface area contributed by atoms with Crippen LogP contribution in [0.4, 0.5) is 5.69 Å². The van der Waals surface area contributed by atoms with E-state index in [0.717, 1.165) is 29.8 Å². The number of hydrogen-bond donors (Lipinski definition) is 1. The first kappa shape index (κ1) is 13.6. The van der Waals surface area contributed by atoms with Gasteiger partial charge < -0.3 is 15.0 Å². The van der Waals surface area contributed by atoms with Gasteiger partial charge in [0.1, 0.15) is 17.9 Å². The highest BCUT2D eigenvalue weighted by Crippen LogP contribution is 2.22. The van der Waals surface area contributed by atoms with Crippen molar-refractivity contribution in [3.8, 4) is 0 Å². The summed E-state index contributed by atoms with van der Waals surface area (Å²) in [5.74, 6) is 0.918. The maximum atomic E-state index is 6.03. The second-order valence-corrected chi connectivity index (χ2v) is 5.06. The number of benzene rings is 2. The van der Waals surface area contributed by atoms with Gasteiger partial charge in [-0.1, -0.05) is 36.4 Å². The van der Waals surface area contributed by atoms with Crippen LogP contribution in [0, 0.1) is 0 Å². The normalized spacial score (nSPS) is 11.1. The molecule has 1 aromatic heterocycles. The maximum absolute atomic E-state index is 6.03. The SMILES string of the molecule is COCc1nc2c(N)cccc2n1CCc1ccccc1. The van der Waals surface area contributed by atoms with E-state index in [-0.39, 0.29) is 0 Å². The Bertz CT molecular complexity index is 734. The Balaban J connectivity index is 1.95. The summed E-state index contributed by atoms with van der Waals surface area (Å²) in [7, 11) is 1.68. The molecule has 0 saturated heterocycles. The van der Waals surface area contributed by atoms with Crippen molar-refractivity contribution < 1.29 is 4.74 Å². The molecule has 0 saturated carbocycles. The van der Waals surface area contributed by atoms with Crippen molar-refractivity contribution >= 4 is 16.7 Å². The van der Waals surface area contributed by atoms with Crippen molar-refractivity contribution in [2.75, 3.05) is 12.8 Å². The number of methoxy groups -OCH3 is 1. The molecule has 1 heterocycles. The summed E-state index contributed by atoms with van der Waals surface area (Å²) in [5, 5.41) is 0. The molecule has 0 radical (unpaired) electrons. The number of aromatic nitrogens is 2. The topological polar surface area (TPSA) is 53.1 Å². The Morgan fingerprint density at radius 2 is 1.90 bits per heavy atom. The molecular formula is C17H19N3O. The van der Waals surface area contributed by atoms with Crippen molar-refractivity contribution in [2.24, 2.45) is 0 Å². The average Bonchev–Trinajstić information content (AvgIpc) is 2.86. The van der Waals surface area contributed by atoms with E-state index in [1.54, 1.807) is 7.11 Å². The highest BCUT2D eigenvalue weighted by molar-refractivity contribution is 5.87. The fourth-order valence-corrected chi connectivity index (χ4v) is 2.59. The number of nitrogen functional groups attached to an aromatic ring is 1. The van der Waals surface area contributed by atoms with Crippen LogP contribution in [0.1, 0.15) is 11.4 Å². The Morgan fingerprint density at radius 1 is 1.10 bits per heavy atom. The number of rotatable bonds is 5. The number of hydrogen-bond acceptors (Lipinski definition) is 3. The molecule has 0 fully saturated rings. The predicted octanol–water partition coefficient (Wildman–Crippen LogP) is 3.01. The Labute approximate surface area is 124 Å². The first-order chi connectivity index (χ1) is 10.3. The van der Waals surface area contributed by atoms with Crippen molar-refractivity contribution in [3.05, 3.63) is 59.9 Å². The summed E-state index contributed by atoms with van der Waals surface area (Å²) in [5.41, 5.74) is 9.97. The zero-order valence-electron chi connectivity index (χ0n) is 12.1. The fourth-order valence-electron chi connectivity index (χ4n) is 2.59. The van der Waals surface area contributed by atoms with Gasteiger partial charge in [-0.15, -0.1) is 0 Å². The zero-order chi connectivity index (χ0) is 14.7. The third-order valence-electron chi connectivity index (χ3n) is 3.63. The van der Waals surface area contributed by atoms with Gasteiger partial charge in [0.05, 0.1) is 11.2 Å². The van der Waals surface area contributed by atoms with Gasteiger partial charge in [0.2, 0.25) is 0 Å². The van der Waals surface area contributed by atoms with Gasteiger partial charge in [-0.25, -0.2) is 4.98 Å². The molecule has 108 valence electrons. The van der Waals surface area contributed by atoms with Crippen LogP contribution in [0.2, 0.25) is 0 Å². The molecule has 0 aliphatic rings. The molecule has 4 heteroatoms. The number of para-hydroxylation sites is 1. The van der Waals surface area contributed by atoms with Crippen LogP contribution in [0.15, 0.2) is 48.5 Å². The van der Waals surface area contributed by atoms with E-state index in [1.165, 1.54) is 5.56 Å². The summed E-state index contributed by atoms with van der Waals surface area (Å²) in [4.78, 5) is 4.63. The number of aryl methyl sites for hydroxylation is 2. The van der Waals surface area contributed by atoms with E-state index in [0.29, 0.717) is 12.3 Å². The van der Waals surface area contributed by atoms with Crippen LogP contribution >= 0.6 is 0 Å². The van der Waals surface area contributed by atoms with E-state index >= 15 is 0 Å². The fraction of sp³-hybridized carbons (Fsp3) is 0.235. The molecule has 0 amide bonds. The van der Waals surface area contributed by atoms with Crippen LogP contribution < -0.4 is 5.73 Å². The van der Waals surface area contributed by atoms with Crippen molar-refractivity contribution in [1.29, 1.82) is 0 Å². The lowest BCUT2D eigenvalue weighted by Crippen LogP contribution is -2.07. The number of nitrogens with zero attached hydrogens (tertiary/aromatic N) is 2. The van der Waals surface area contributed by atoms with Gasteiger partial charge in [-0.3, -0.25) is 0 Å². The summed E-state index contributed by atoms with van der Waals surface area (Å²) < 4.78 is 7.46. The van der Waals surface area contributed by atoms with Gasteiger partial charge in [0.25, 0.3) is 0 Å². The van der Waals surface area contributed by atoms with Crippen LogP contribution in [0.3, 0.4) is 0 Å². The minimum atomic E-state index is 0.489. The average molecular weight is 281 g/mol. The Hall–Kier alpha value is -2.33. The summed E-state index contributed by atoms with van der Waals surface area (Å²) in [6.07, 6.45) is 0.956. The van der Waals surface area contributed by atoms with Gasteiger partial charge in [-0.2, -0.15) is 0 Å². The number of fused-ring (bicyclic) bond motifs is 1. The first-order valence-corrected chi connectivity index (χ1v) is 7.06. The van der Waals surface area contributed by atoms with Gasteiger partial charge in [0.15, 0.2) is 0 Å². The van der Waals surface area contributed by atoms with E-state index in [2.05, 4.69) is 39.9 Å². The number of nitrogens with two attached hydrogens (primary N) is 1. The van der Waals surface area contributed by atoms with E-state index in [9.17, 15) is 0 Å². The lowest BCUT2D eigenvalue weighted by atomic mass is 10.1. The number of ether oxygens (including phenoxy) is 1. The summed E-state index contributed by atoms with van der Waals surface area (Å²) >= 11 is 0. The van der Waals surface area contributed by atoms with E-state index in [1.807, 2.05) is 18.2 Å². The molecule has 2 aromatic carbocycles. The Morgan fingerprint density at radius 3 is 2.67 bits per heavy atom. The van der Waals surface area contributed by atoms with Gasteiger partial charge >= 0.3 is 0 Å². The highest BCUT2D eigenvalue weighted by atomic mass is 16.5. The van der Waals surface area contributed by atoms with Gasteiger partial charge in [0, 0.05) is 13.7 Å². The number of imidazole rings is 1. The second kappa shape index (κ2) is 5.97. The van der Waals surface area contributed by atoms with Gasteiger partial charge in [-0.05, 0) is 24.1 Å². The first-order valence-electron chi connectivity index (χ1n) is 7.06. The molecular weight excluding hydrogens is 262 g/mol. The molecule has 0 aliphatic heterocycles. The molecule has 3 rings (SSSR count). The number of anilines is 1. The lowest BCUT2D eigenvalue weighted by molar-refractivity contribution is 0.174. The van der Waals surface area contributed by atoms with Crippen molar-refractivity contribution in [2.45, 2.75) is 19.6 Å². The smallest absolute Gasteiger partial charge is 0.136 e. The quantitative estimate of drug-likeness (QED) is 0.731. The maximum Gasteiger partial charge on any atom is 0.136 e. The molecule has 3 aromatic rings. The molecule has 0 atom stereocenters. The van der Waals surface area contributed by atoms with E-state index < -0.39 is 0 Å². The molecule has 21 heavy (non-hydrogen) atoms. The van der Waals surface area contributed by atoms with Crippen molar-refractivity contribution in [3.63, 3.8) is 0 Å². The lowest BCUT2D eigenvalue weighted by Gasteiger charge is -2.09. The highest BCUT2D eigenvalue weighted by Gasteiger charge is 2.12. The minimum absolute atomic E-state index is 0.489. The molecule has 4 nitrogen and oxygen atoms in total. The van der Waals surface area contributed by atoms with E-state index in [4.69, 9.17) is 10.5 Å². The third kappa shape index (κ3) is 2.76. The third-order valence-corrected chi connectivity index (χ3v) is 3.63. The predicted molar refractivity (Wildman–Crippen MR) is 85.0 cm³/mol. The van der Waals surface area contributed by atoms with Crippen LogP contribution in [0.5, 0.6) is 0 Å². The largest absolute Gasteiger partial charge is 0.397 e. The zero-order valence-corrected chi connectivity index (χ0v) is 12.1. The molecule has 0 aliphatic carbocycles. The van der Waals surface area contributed by atoms with Crippen LogP contribution in [-0.2, 0) is 24.3 Å². The Kier molecular flexibility index (Phi) is 3.88. The van der Waals surface area contributed by atoms with Crippen LogP contribution in [0.25, 0.3) is 11.0 Å². The molecule has 2 N–H and O–H groups in total. The summed E-state index contributed by atoms with van der Waals surface area (Å²) in [6, 6.07) is 16.4. The van der Waals surface area contributed by atoms with Crippen molar-refractivity contribution in [1.82, 2.24) is 9.55 Å². The second-order valence-electron chi connectivity index (χ2n) is 5.06. The molecule has 0 bridgehead atoms. The monoisotopic (exact) mass is 281 g/mol.